The summed E-state index contributed by atoms with van der Waals surface area (Å²) in [6.45, 7) is 4.35. The van der Waals surface area contributed by atoms with E-state index in [1.807, 2.05) is 28.2 Å². The number of hydrogen-bond donors (Lipinski definition) is 2. The summed E-state index contributed by atoms with van der Waals surface area (Å²) >= 11 is 1.64. The summed E-state index contributed by atoms with van der Waals surface area (Å²) in [4.78, 5) is 10.2. The number of aliphatic imine (C=N–C) groups is 1. The molecule has 2 N–H and O–H groups in total. The molecule has 7 heteroatoms. The van der Waals surface area contributed by atoms with Crippen LogP contribution in [0.4, 0.5) is 0 Å². The second kappa shape index (κ2) is 9.63. The summed E-state index contributed by atoms with van der Waals surface area (Å²) in [5.41, 5.74) is 2.31. The van der Waals surface area contributed by atoms with Gasteiger partial charge in [-0.15, -0.1) is 35.3 Å². The summed E-state index contributed by atoms with van der Waals surface area (Å²) in [7, 11) is 0. The molecule has 1 aromatic carbocycles. The van der Waals surface area contributed by atoms with Crippen molar-refractivity contribution >= 4 is 46.2 Å². The van der Waals surface area contributed by atoms with E-state index in [4.69, 9.17) is 0 Å². The van der Waals surface area contributed by atoms with Gasteiger partial charge in [-0.2, -0.15) is 0 Å². The molecule has 5 nitrogen and oxygen atoms in total. The lowest BCUT2D eigenvalue weighted by Gasteiger charge is -2.10. The van der Waals surface area contributed by atoms with Crippen molar-refractivity contribution in [1.82, 2.24) is 20.0 Å². The molecule has 2 aromatic heterocycles. The molecule has 0 spiro atoms. The van der Waals surface area contributed by atoms with Crippen LogP contribution in [0.3, 0.4) is 0 Å². The Morgan fingerprint density at radius 3 is 2.83 bits per heavy atom. The second-order valence-corrected chi connectivity index (χ2v) is 6.06. The van der Waals surface area contributed by atoms with Crippen LogP contribution in [-0.2, 0) is 13.0 Å². The van der Waals surface area contributed by atoms with Crippen molar-refractivity contribution in [2.75, 3.05) is 13.1 Å². The predicted octanol–water partition coefficient (Wildman–Crippen LogP) is 3.31. The molecule has 0 aliphatic carbocycles. The maximum Gasteiger partial charge on any atom is 0.193 e. The molecule has 0 aliphatic heterocycles. The Balaban J connectivity index is 0.00000208. The van der Waals surface area contributed by atoms with E-state index < -0.39 is 0 Å². The first-order valence-electron chi connectivity index (χ1n) is 7.82. The van der Waals surface area contributed by atoms with Crippen LogP contribution in [0.2, 0.25) is 0 Å². The van der Waals surface area contributed by atoms with Crippen molar-refractivity contribution in [1.29, 1.82) is 0 Å². The number of aromatic nitrogens is 2. The van der Waals surface area contributed by atoms with Crippen LogP contribution < -0.4 is 10.6 Å². The van der Waals surface area contributed by atoms with E-state index in [-0.39, 0.29) is 24.0 Å². The first-order valence-corrected chi connectivity index (χ1v) is 8.70. The largest absolute Gasteiger partial charge is 0.357 e. The third kappa shape index (κ3) is 5.20. The first-order chi connectivity index (χ1) is 11.3. The number of benzene rings is 1. The maximum absolute atomic E-state index is 4.61. The number of nitrogens with one attached hydrogen (secondary N) is 2. The molecule has 0 atom stereocenters. The van der Waals surface area contributed by atoms with Gasteiger partial charge in [-0.05, 0) is 18.9 Å². The van der Waals surface area contributed by atoms with Crippen molar-refractivity contribution in [3.63, 3.8) is 0 Å². The fourth-order valence-corrected chi connectivity index (χ4v) is 3.04. The van der Waals surface area contributed by atoms with E-state index in [1.165, 1.54) is 5.56 Å². The normalized spacial score (nSPS) is 11.3. The summed E-state index contributed by atoms with van der Waals surface area (Å²) < 4.78 is 2.03. The van der Waals surface area contributed by atoms with Gasteiger partial charge in [0.2, 0.25) is 0 Å². The van der Waals surface area contributed by atoms with Crippen LogP contribution in [0.15, 0.2) is 53.1 Å². The molecule has 0 unspecified atom stereocenters. The monoisotopic (exact) mass is 455 g/mol. The van der Waals surface area contributed by atoms with Gasteiger partial charge < -0.3 is 10.6 Å². The highest BCUT2D eigenvalue weighted by atomic mass is 127. The zero-order valence-electron chi connectivity index (χ0n) is 13.6. The minimum absolute atomic E-state index is 0. The summed E-state index contributed by atoms with van der Waals surface area (Å²) in [6, 6.07) is 10.5. The number of hydrogen-bond acceptors (Lipinski definition) is 3. The summed E-state index contributed by atoms with van der Waals surface area (Å²) in [6.07, 6.45) is 5.03. The van der Waals surface area contributed by atoms with Gasteiger partial charge >= 0.3 is 0 Å². The molecular formula is C17H22IN5S. The number of thiazole rings is 1. The van der Waals surface area contributed by atoms with Crippen LogP contribution in [-0.4, -0.2) is 28.4 Å². The Morgan fingerprint density at radius 2 is 2.08 bits per heavy atom. The van der Waals surface area contributed by atoms with Crippen LogP contribution >= 0.6 is 35.3 Å². The number of fused-ring (bicyclic) bond motifs is 1. The van der Waals surface area contributed by atoms with E-state index in [9.17, 15) is 0 Å². The van der Waals surface area contributed by atoms with Gasteiger partial charge in [-0.3, -0.25) is 4.40 Å². The SMILES string of the molecule is CCNC(=NCc1cn2ccsc2n1)NCCc1ccccc1.I. The third-order valence-corrected chi connectivity index (χ3v) is 4.21. The van der Waals surface area contributed by atoms with Crippen LogP contribution in [0.5, 0.6) is 0 Å². The average Bonchev–Trinajstić information content (AvgIpc) is 3.15. The quantitative estimate of drug-likeness (QED) is 0.341. The zero-order chi connectivity index (χ0) is 15.9. The Morgan fingerprint density at radius 1 is 1.25 bits per heavy atom. The number of rotatable bonds is 6. The molecule has 3 aromatic rings. The smallest absolute Gasteiger partial charge is 0.193 e. The Bertz CT molecular complexity index is 737. The highest BCUT2D eigenvalue weighted by Crippen LogP contribution is 2.11. The lowest BCUT2D eigenvalue weighted by molar-refractivity contribution is 0.797. The molecule has 0 fully saturated rings. The molecule has 0 bridgehead atoms. The van der Waals surface area contributed by atoms with Crippen molar-refractivity contribution in [3.05, 3.63) is 59.4 Å². The molecule has 0 saturated heterocycles. The molecule has 3 rings (SSSR count). The van der Waals surface area contributed by atoms with Gasteiger partial charge in [-0.1, -0.05) is 30.3 Å². The molecule has 24 heavy (non-hydrogen) atoms. The zero-order valence-corrected chi connectivity index (χ0v) is 16.8. The standard InChI is InChI=1S/C17H21N5S.HI/c1-2-18-16(19-9-8-14-6-4-3-5-7-14)20-12-15-13-22-10-11-23-17(22)21-15;/h3-7,10-11,13H,2,8-9,12H2,1H3,(H2,18,19,20);1H. The lowest BCUT2D eigenvalue weighted by atomic mass is 10.1. The van der Waals surface area contributed by atoms with Gasteiger partial charge in [0.1, 0.15) is 0 Å². The third-order valence-electron chi connectivity index (χ3n) is 3.44. The summed E-state index contributed by atoms with van der Waals surface area (Å²) in [5.74, 6) is 0.833. The average molecular weight is 455 g/mol. The number of guanidine groups is 1. The van der Waals surface area contributed by atoms with Crippen molar-refractivity contribution in [3.8, 4) is 0 Å². The number of nitrogens with zero attached hydrogens (tertiary/aromatic N) is 3. The van der Waals surface area contributed by atoms with E-state index in [0.717, 1.165) is 36.1 Å². The van der Waals surface area contributed by atoms with Gasteiger partial charge in [0.25, 0.3) is 0 Å². The Labute approximate surface area is 163 Å². The highest BCUT2D eigenvalue weighted by molar-refractivity contribution is 14.0. The van der Waals surface area contributed by atoms with Crippen LogP contribution in [0.1, 0.15) is 18.2 Å². The molecule has 128 valence electrons. The minimum Gasteiger partial charge on any atom is -0.357 e. The maximum atomic E-state index is 4.61. The molecule has 2 heterocycles. The Hall–Kier alpha value is -1.61. The molecule has 0 aliphatic rings. The van der Waals surface area contributed by atoms with Gasteiger partial charge in [0.15, 0.2) is 10.9 Å². The van der Waals surface area contributed by atoms with Crippen molar-refractivity contribution in [2.45, 2.75) is 19.9 Å². The molecule has 0 saturated carbocycles. The van der Waals surface area contributed by atoms with E-state index in [1.54, 1.807) is 11.3 Å². The minimum atomic E-state index is 0. The topological polar surface area (TPSA) is 53.7 Å². The fourth-order valence-electron chi connectivity index (χ4n) is 2.32. The van der Waals surface area contributed by atoms with Gasteiger partial charge in [0, 0.05) is 30.9 Å². The van der Waals surface area contributed by atoms with Gasteiger partial charge in [-0.25, -0.2) is 9.98 Å². The van der Waals surface area contributed by atoms with Crippen LogP contribution in [0, 0.1) is 0 Å². The fraction of sp³-hybridized carbons (Fsp3) is 0.294. The summed E-state index contributed by atoms with van der Waals surface area (Å²) in [5, 5.41) is 8.68. The van der Waals surface area contributed by atoms with Crippen LogP contribution in [0.25, 0.3) is 4.96 Å². The predicted molar refractivity (Wildman–Crippen MR) is 111 cm³/mol. The van der Waals surface area contributed by atoms with E-state index >= 15 is 0 Å². The first kappa shape index (κ1) is 18.7. The van der Waals surface area contributed by atoms with E-state index in [2.05, 4.69) is 51.8 Å². The van der Waals surface area contributed by atoms with Gasteiger partial charge in [0.05, 0.1) is 12.2 Å². The highest BCUT2D eigenvalue weighted by Gasteiger charge is 2.03. The van der Waals surface area contributed by atoms with Crippen molar-refractivity contribution < 1.29 is 0 Å². The molecular weight excluding hydrogens is 433 g/mol. The molecule has 0 amide bonds. The van der Waals surface area contributed by atoms with Crippen molar-refractivity contribution in [2.24, 2.45) is 4.99 Å². The van der Waals surface area contributed by atoms with E-state index in [0.29, 0.717) is 6.54 Å². The lowest BCUT2D eigenvalue weighted by Crippen LogP contribution is -2.38. The Kier molecular flexibility index (Phi) is 7.51. The second-order valence-electron chi connectivity index (χ2n) is 5.18. The number of halogens is 1. The molecule has 0 radical (unpaired) electrons. The number of imidazole rings is 1.